The van der Waals surface area contributed by atoms with E-state index in [4.69, 9.17) is 4.99 Å². The number of para-hydroxylation sites is 1. The fourth-order valence-corrected chi connectivity index (χ4v) is 3.30. The average molecular weight is 498 g/mol. The molecule has 28 heavy (non-hydrogen) atoms. The lowest BCUT2D eigenvalue weighted by atomic mass is 10.1. The summed E-state index contributed by atoms with van der Waals surface area (Å²) in [6.07, 6.45) is 0.776. The molecule has 0 bridgehead atoms. The maximum Gasteiger partial charge on any atom is 0.194 e. The van der Waals surface area contributed by atoms with Gasteiger partial charge in [-0.3, -0.25) is 4.99 Å². The fourth-order valence-electron chi connectivity index (χ4n) is 3.30. The van der Waals surface area contributed by atoms with Gasteiger partial charge in [0.2, 0.25) is 0 Å². The van der Waals surface area contributed by atoms with Crippen molar-refractivity contribution in [1.29, 1.82) is 0 Å². The lowest BCUT2D eigenvalue weighted by Gasteiger charge is -2.37. The minimum atomic E-state index is -0.169. The van der Waals surface area contributed by atoms with E-state index in [1.807, 2.05) is 24.3 Å². The summed E-state index contributed by atoms with van der Waals surface area (Å²) in [5.41, 5.74) is 1.74. The molecule has 0 saturated carbocycles. The van der Waals surface area contributed by atoms with Gasteiger partial charge in [-0.2, -0.15) is 0 Å². The van der Waals surface area contributed by atoms with Crippen molar-refractivity contribution in [3.63, 3.8) is 0 Å². The third-order valence-electron chi connectivity index (χ3n) is 4.68. The Bertz CT molecular complexity index is 779. The van der Waals surface area contributed by atoms with Crippen LogP contribution in [0.15, 0.2) is 53.5 Å². The number of benzene rings is 2. The number of anilines is 1. The molecule has 0 aliphatic carbocycles. The van der Waals surface area contributed by atoms with Gasteiger partial charge in [0.1, 0.15) is 11.6 Å². The Hall–Kier alpha value is -2.03. The van der Waals surface area contributed by atoms with Crippen molar-refractivity contribution in [2.24, 2.45) is 4.99 Å². The maximum absolute atomic E-state index is 14.0. The molecular formula is C21H28FIN4O. The van der Waals surface area contributed by atoms with Crippen molar-refractivity contribution >= 4 is 35.6 Å². The van der Waals surface area contributed by atoms with Gasteiger partial charge in [-0.15, -0.1) is 24.0 Å². The largest absolute Gasteiger partial charge is 0.508 e. The number of halogens is 2. The Kier molecular flexibility index (Phi) is 8.82. The Morgan fingerprint density at radius 3 is 2.54 bits per heavy atom. The second kappa shape index (κ2) is 11.1. The highest BCUT2D eigenvalue weighted by Gasteiger charge is 2.21. The number of piperazine rings is 1. The summed E-state index contributed by atoms with van der Waals surface area (Å²) >= 11 is 0. The summed E-state index contributed by atoms with van der Waals surface area (Å²) in [7, 11) is 0. The van der Waals surface area contributed by atoms with E-state index in [2.05, 4.69) is 22.0 Å². The first kappa shape index (κ1) is 22.3. The van der Waals surface area contributed by atoms with Gasteiger partial charge in [0.05, 0.1) is 5.69 Å². The number of nitrogens with zero attached hydrogens (tertiary/aromatic N) is 3. The molecule has 0 atom stereocenters. The van der Waals surface area contributed by atoms with Gasteiger partial charge in [-0.05, 0) is 43.2 Å². The summed E-state index contributed by atoms with van der Waals surface area (Å²) in [6.45, 7) is 6.63. The highest BCUT2D eigenvalue weighted by atomic mass is 127. The SMILES string of the molecule is CCNC(=NCCc1cccc(O)c1)N1CCN(c2ccccc2F)CC1.I. The van der Waals surface area contributed by atoms with Gasteiger partial charge < -0.3 is 20.2 Å². The molecule has 0 amide bonds. The molecule has 5 nitrogen and oxygen atoms in total. The van der Waals surface area contributed by atoms with E-state index in [-0.39, 0.29) is 35.5 Å². The summed E-state index contributed by atoms with van der Waals surface area (Å²) in [5.74, 6) is 1.01. The zero-order chi connectivity index (χ0) is 19.1. The number of nitrogens with one attached hydrogen (secondary N) is 1. The standard InChI is InChI=1S/C21H27FN4O.HI/c1-2-23-21(24-11-10-17-6-5-7-18(27)16-17)26-14-12-25(13-15-26)20-9-4-3-8-19(20)22;/h3-9,16,27H,2,10-15H2,1H3,(H,23,24);1H. The zero-order valence-electron chi connectivity index (χ0n) is 16.1. The van der Waals surface area contributed by atoms with Crippen LogP contribution >= 0.6 is 24.0 Å². The summed E-state index contributed by atoms with van der Waals surface area (Å²) < 4.78 is 14.0. The topological polar surface area (TPSA) is 51.1 Å². The van der Waals surface area contributed by atoms with Crippen LogP contribution in [0.1, 0.15) is 12.5 Å². The molecule has 2 N–H and O–H groups in total. The zero-order valence-corrected chi connectivity index (χ0v) is 18.5. The quantitative estimate of drug-likeness (QED) is 0.377. The van der Waals surface area contributed by atoms with Gasteiger partial charge in [0.25, 0.3) is 0 Å². The number of hydrogen-bond acceptors (Lipinski definition) is 3. The van der Waals surface area contributed by atoms with Crippen LogP contribution in [0.25, 0.3) is 0 Å². The van der Waals surface area contributed by atoms with Crippen LogP contribution in [0.4, 0.5) is 10.1 Å². The number of hydrogen-bond donors (Lipinski definition) is 2. The van der Waals surface area contributed by atoms with Crippen molar-refractivity contribution in [2.75, 3.05) is 44.2 Å². The second-order valence-corrected chi connectivity index (χ2v) is 6.58. The first-order chi connectivity index (χ1) is 13.2. The van der Waals surface area contributed by atoms with E-state index in [0.717, 1.165) is 50.7 Å². The molecule has 7 heteroatoms. The molecule has 3 rings (SSSR count). The van der Waals surface area contributed by atoms with Crippen LogP contribution in [0.2, 0.25) is 0 Å². The highest BCUT2D eigenvalue weighted by Crippen LogP contribution is 2.20. The van der Waals surface area contributed by atoms with Crippen LogP contribution in [-0.4, -0.2) is 55.2 Å². The summed E-state index contributed by atoms with van der Waals surface area (Å²) in [5, 5.41) is 12.9. The van der Waals surface area contributed by atoms with E-state index in [9.17, 15) is 9.50 Å². The van der Waals surface area contributed by atoms with Crippen LogP contribution in [0.5, 0.6) is 5.75 Å². The Labute approximate surface area is 183 Å². The summed E-state index contributed by atoms with van der Waals surface area (Å²) in [6, 6.07) is 14.2. The molecule has 2 aromatic rings. The minimum Gasteiger partial charge on any atom is -0.508 e. The van der Waals surface area contributed by atoms with E-state index in [1.165, 1.54) is 6.07 Å². The van der Waals surface area contributed by atoms with Crippen molar-refractivity contribution in [3.05, 3.63) is 59.9 Å². The molecule has 1 saturated heterocycles. The van der Waals surface area contributed by atoms with Crippen molar-refractivity contribution in [2.45, 2.75) is 13.3 Å². The van der Waals surface area contributed by atoms with E-state index in [1.54, 1.807) is 18.2 Å². The third-order valence-corrected chi connectivity index (χ3v) is 4.68. The van der Waals surface area contributed by atoms with Crippen molar-refractivity contribution in [1.82, 2.24) is 10.2 Å². The first-order valence-corrected chi connectivity index (χ1v) is 9.48. The lowest BCUT2D eigenvalue weighted by molar-refractivity contribution is 0.371. The Morgan fingerprint density at radius 2 is 1.86 bits per heavy atom. The van der Waals surface area contributed by atoms with Gasteiger partial charge >= 0.3 is 0 Å². The van der Waals surface area contributed by atoms with Gasteiger partial charge in [0.15, 0.2) is 5.96 Å². The molecule has 1 fully saturated rings. The predicted molar refractivity (Wildman–Crippen MR) is 123 cm³/mol. The van der Waals surface area contributed by atoms with Gasteiger partial charge in [-0.1, -0.05) is 24.3 Å². The molecule has 0 aromatic heterocycles. The maximum atomic E-state index is 14.0. The smallest absolute Gasteiger partial charge is 0.194 e. The number of phenolic OH excluding ortho intramolecular Hbond substituents is 1. The van der Waals surface area contributed by atoms with Crippen LogP contribution in [-0.2, 0) is 6.42 Å². The van der Waals surface area contributed by atoms with Gasteiger partial charge in [-0.25, -0.2) is 4.39 Å². The number of aromatic hydroxyl groups is 1. The minimum absolute atomic E-state index is 0. The summed E-state index contributed by atoms with van der Waals surface area (Å²) in [4.78, 5) is 9.05. The molecule has 1 aliphatic rings. The van der Waals surface area contributed by atoms with Crippen LogP contribution < -0.4 is 10.2 Å². The average Bonchev–Trinajstić information content (AvgIpc) is 2.68. The lowest BCUT2D eigenvalue weighted by Crippen LogP contribution is -2.52. The monoisotopic (exact) mass is 498 g/mol. The molecule has 0 radical (unpaired) electrons. The third kappa shape index (κ3) is 5.98. The highest BCUT2D eigenvalue weighted by molar-refractivity contribution is 14.0. The molecule has 1 aliphatic heterocycles. The van der Waals surface area contributed by atoms with E-state index in [0.29, 0.717) is 12.2 Å². The van der Waals surface area contributed by atoms with Crippen molar-refractivity contribution in [3.8, 4) is 5.75 Å². The van der Waals surface area contributed by atoms with E-state index < -0.39 is 0 Å². The number of aliphatic imine (C=N–C) groups is 1. The fraction of sp³-hybridized carbons (Fsp3) is 0.381. The Morgan fingerprint density at radius 1 is 1.11 bits per heavy atom. The van der Waals surface area contributed by atoms with E-state index >= 15 is 0 Å². The van der Waals surface area contributed by atoms with Crippen molar-refractivity contribution < 1.29 is 9.50 Å². The normalized spacial score (nSPS) is 14.6. The number of phenols is 1. The first-order valence-electron chi connectivity index (χ1n) is 9.48. The number of guanidine groups is 1. The van der Waals surface area contributed by atoms with Crippen LogP contribution in [0, 0.1) is 5.82 Å². The molecule has 2 aromatic carbocycles. The van der Waals surface area contributed by atoms with Gasteiger partial charge in [0, 0.05) is 39.3 Å². The second-order valence-electron chi connectivity index (χ2n) is 6.58. The molecule has 0 unspecified atom stereocenters. The molecule has 1 heterocycles. The molecule has 152 valence electrons. The predicted octanol–water partition coefficient (Wildman–Crippen LogP) is 3.48. The number of rotatable bonds is 5. The molecular weight excluding hydrogens is 470 g/mol. The molecule has 0 spiro atoms. The van der Waals surface area contributed by atoms with Crippen LogP contribution in [0.3, 0.4) is 0 Å². The Balaban J connectivity index is 0.00000280.